The molecule has 0 aromatic heterocycles. The average molecular weight is 348 g/mol. The van der Waals surface area contributed by atoms with Gasteiger partial charge in [0.25, 0.3) is 0 Å². The lowest BCUT2D eigenvalue weighted by Gasteiger charge is -2.30. The Morgan fingerprint density at radius 2 is 1.80 bits per heavy atom. The van der Waals surface area contributed by atoms with Crippen LogP contribution in [0.3, 0.4) is 0 Å². The maximum atomic E-state index is 12.4. The van der Waals surface area contributed by atoms with E-state index < -0.39 is 5.97 Å². The number of fused-ring (bicyclic) bond motifs is 2. The summed E-state index contributed by atoms with van der Waals surface area (Å²) in [7, 11) is 6.66. The molecular formula is C18H24N2O5. The highest BCUT2D eigenvalue weighted by molar-refractivity contribution is 5.91. The number of ether oxygens (including phenoxy) is 3. The minimum absolute atomic E-state index is 0.318. The minimum Gasteiger partial charge on any atom is -0.493 e. The number of nitrogens with one attached hydrogen (secondary N) is 1. The second kappa shape index (κ2) is 7.23. The van der Waals surface area contributed by atoms with Gasteiger partial charge in [0, 0.05) is 24.2 Å². The van der Waals surface area contributed by atoms with E-state index in [-0.39, 0.29) is 0 Å². The Bertz CT molecular complexity index is 663. The van der Waals surface area contributed by atoms with Gasteiger partial charge >= 0.3 is 5.97 Å². The second-order valence-corrected chi connectivity index (χ2v) is 6.27. The minimum atomic E-state index is -0.508. The maximum absolute atomic E-state index is 12.4. The molecule has 136 valence electrons. The van der Waals surface area contributed by atoms with Crippen molar-refractivity contribution < 1.29 is 23.8 Å². The molecule has 2 unspecified atom stereocenters. The highest BCUT2D eigenvalue weighted by Gasteiger charge is 2.34. The Morgan fingerprint density at radius 3 is 2.36 bits per heavy atom. The van der Waals surface area contributed by atoms with Gasteiger partial charge in [-0.3, -0.25) is 4.90 Å². The maximum Gasteiger partial charge on any atom is 0.363 e. The van der Waals surface area contributed by atoms with E-state index in [4.69, 9.17) is 19.0 Å². The Balaban J connectivity index is 1.70. The van der Waals surface area contributed by atoms with Crippen molar-refractivity contribution in [1.29, 1.82) is 0 Å². The summed E-state index contributed by atoms with van der Waals surface area (Å²) in [5.41, 5.74) is 4.09. The monoisotopic (exact) mass is 348 g/mol. The molecule has 0 aliphatic carbocycles. The van der Waals surface area contributed by atoms with E-state index in [0.717, 1.165) is 18.5 Å². The van der Waals surface area contributed by atoms with E-state index in [0.29, 0.717) is 34.9 Å². The zero-order valence-corrected chi connectivity index (χ0v) is 15.0. The van der Waals surface area contributed by atoms with Gasteiger partial charge in [-0.15, -0.1) is 0 Å². The van der Waals surface area contributed by atoms with E-state index in [2.05, 4.69) is 23.5 Å². The third-order valence-electron chi connectivity index (χ3n) is 4.92. The van der Waals surface area contributed by atoms with Gasteiger partial charge in [-0.05, 0) is 38.1 Å². The summed E-state index contributed by atoms with van der Waals surface area (Å²) in [5.74, 6) is 0.742. The van der Waals surface area contributed by atoms with Gasteiger partial charge in [-0.25, -0.2) is 10.3 Å². The molecule has 0 saturated carbocycles. The second-order valence-electron chi connectivity index (χ2n) is 6.27. The highest BCUT2D eigenvalue weighted by Crippen LogP contribution is 2.38. The summed E-state index contributed by atoms with van der Waals surface area (Å²) >= 11 is 0. The lowest BCUT2D eigenvalue weighted by atomic mass is 10.1. The number of likely N-dealkylation sites (N-methyl/N-ethyl adjacent to an activating group) is 1. The van der Waals surface area contributed by atoms with E-state index >= 15 is 0 Å². The molecule has 1 N–H and O–H groups in total. The third kappa shape index (κ3) is 3.37. The van der Waals surface area contributed by atoms with Gasteiger partial charge in [0.1, 0.15) is 0 Å². The van der Waals surface area contributed by atoms with Gasteiger partial charge in [-0.1, -0.05) is 0 Å². The molecule has 1 fully saturated rings. The Labute approximate surface area is 147 Å². The molecule has 0 amide bonds. The van der Waals surface area contributed by atoms with Crippen molar-refractivity contribution in [1.82, 2.24) is 10.4 Å². The molecule has 3 rings (SSSR count). The number of methoxy groups -OCH3 is 3. The first-order valence-electron chi connectivity index (χ1n) is 8.27. The Kier molecular flexibility index (Phi) is 5.03. The van der Waals surface area contributed by atoms with Crippen molar-refractivity contribution in [3.8, 4) is 17.2 Å². The molecule has 7 heteroatoms. The normalized spacial score (nSPS) is 22.2. The fourth-order valence-electron chi connectivity index (χ4n) is 3.49. The Morgan fingerprint density at radius 1 is 1.12 bits per heavy atom. The molecule has 25 heavy (non-hydrogen) atoms. The molecule has 2 atom stereocenters. The van der Waals surface area contributed by atoms with Crippen LogP contribution in [0.25, 0.3) is 0 Å². The Hall–Kier alpha value is -2.41. The molecule has 1 saturated heterocycles. The number of hydrogen-bond donors (Lipinski definition) is 1. The van der Waals surface area contributed by atoms with Gasteiger partial charge in [0.15, 0.2) is 11.5 Å². The molecule has 2 aliphatic heterocycles. The van der Waals surface area contributed by atoms with Crippen LogP contribution in [0, 0.1) is 0 Å². The van der Waals surface area contributed by atoms with Crippen LogP contribution in [0.5, 0.6) is 17.2 Å². The molecule has 2 aliphatic rings. The van der Waals surface area contributed by atoms with Crippen molar-refractivity contribution in [3.63, 3.8) is 0 Å². The van der Waals surface area contributed by atoms with Crippen molar-refractivity contribution in [2.45, 2.75) is 31.3 Å². The third-order valence-corrected chi connectivity index (χ3v) is 4.92. The summed E-state index contributed by atoms with van der Waals surface area (Å²) in [5, 5.41) is 0. The molecule has 7 nitrogen and oxygen atoms in total. The molecule has 1 aromatic carbocycles. The summed E-state index contributed by atoms with van der Waals surface area (Å²) < 4.78 is 15.8. The van der Waals surface area contributed by atoms with Crippen LogP contribution in [0.4, 0.5) is 0 Å². The first-order valence-corrected chi connectivity index (χ1v) is 8.27. The van der Waals surface area contributed by atoms with Gasteiger partial charge in [-0.2, -0.15) is 0 Å². The first kappa shape index (κ1) is 17.4. The number of carbonyl (C=O) groups excluding carboxylic acids is 1. The molecule has 2 bridgehead atoms. The number of carbonyl (C=O) groups is 1. The van der Waals surface area contributed by atoms with Crippen molar-refractivity contribution >= 4 is 5.97 Å². The van der Waals surface area contributed by atoms with Crippen LogP contribution in [0.15, 0.2) is 23.9 Å². The fraction of sp³-hybridized carbons (Fsp3) is 0.500. The summed E-state index contributed by atoms with van der Waals surface area (Å²) in [4.78, 5) is 20.0. The van der Waals surface area contributed by atoms with Crippen LogP contribution in [0.2, 0.25) is 0 Å². The fourth-order valence-corrected chi connectivity index (χ4v) is 3.49. The molecular weight excluding hydrogens is 324 g/mol. The van der Waals surface area contributed by atoms with Crippen molar-refractivity contribution in [2.24, 2.45) is 0 Å². The van der Waals surface area contributed by atoms with Crippen LogP contribution >= 0.6 is 0 Å². The standard InChI is InChI=1S/C18H24N2O5/c1-20-13-5-6-14(20)10-12(9-13)19-25-18(21)11-7-15(22-2)17(24-4)16(8-11)23-3/h7-9,13-14,19H,5-6,10H2,1-4H3. The average Bonchev–Trinajstić information content (AvgIpc) is 2.85. The largest absolute Gasteiger partial charge is 0.493 e. The van der Waals surface area contributed by atoms with Crippen LogP contribution in [-0.4, -0.2) is 51.3 Å². The van der Waals surface area contributed by atoms with E-state index in [1.807, 2.05) is 0 Å². The lowest BCUT2D eigenvalue weighted by Crippen LogP contribution is -2.37. The van der Waals surface area contributed by atoms with Gasteiger partial charge in [0.2, 0.25) is 5.75 Å². The molecule has 1 aromatic rings. The number of hydrogen-bond acceptors (Lipinski definition) is 7. The number of rotatable bonds is 6. The number of nitrogens with zero attached hydrogens (tertiary/aromatic N) is 1. The van der Waals surface area contributed by atoms with Crippen LogP contribution < -0.4 is 19.7 Å². The zero-order chi connectivity index (χ0) is 18.0. The number of hydroxylamine groups is 1. The summed E-state index contributed by atoms with van der Waals surface area (Å²) in [6, 6.07) is 4.06. The zero-order valence-electron chi connectivity index (χ0n) is 15.0. The van der Waals surface area contributed by atoms with Crippen molar-refractivity contribution in [2.75, 3.05) is 28.4 Å². The predicted molar refractivity (Wildman–Crippen MR) is 91.9 cm³/mol. The highest BCUT2D eigenvalue weighted by atomic mass is 16.7. The van der Waals surface area contributed by atoms with E-state index in [9.17, 15) is 4.79 Å². The van der Waals surface area contributed by atoms with Gasteiger partial charge in [0.05, 0.1) is 26.9 Å². The number of benzene rings is 1. The van der Waals surface area contributed by atoms with E-state index in [1.54, 1.807) is 12.1 Å². The smallest absolute Gasteiger partial charge is 0.363 e. The summed E-state index contributed by atoms with van der Waals surface area (Å²) in [6.45, 7) is 0. The van der Waals surface area contributed by atoms with Crippen LogP contribution in [-0.2, 0) is 4.84 Å². The first-order chi connectivity index (χ1) is 12.1. The lowest BCUT2D eigenvalue weighted by molar-refractivity contribution is 0.0301. The van der Waals surface area contributed by atoms with Gasteiger partial charge < -0.3 is 19.0 Å². The van der Waals surface area contributed by atoms with Crippen LogP contribution in [0.1, 0.15) is 29.6 Å². The summed E-state index contributed by atoms with van der Waals surface area (Å²) in [6.07, 6.45) is 5.30. The predicted octanol–water partition coefficient (Wildman–Crippen LogP) is 2.12. The molecule has 2 heterocycles. The SMILES string of the molecule is COc1cc(C(=O)ONC2=CC3CCC(C2)N3C)cc(OC)c1OC. The quantitative estimate of drug-likeness (QED) is 0.790. The molecule has 0 radical (unpaired) electrons. The van der Waals surface area contributed by atoms with Crippen molar-refractivity contribution in [3.05, 3.63) is 29.5 Å². The topological polar surface area (TPSA) is 69.3 Å². The molecule has 0 spiro atoms. The van der Waals surface area contributed by atoms with E-state index in [1.165, 1.54) is 27.8 Å².